The Balaban J connectivity index is 1.61. The van der Waals surface area contributed by atoms with Crippen LogP contribution in [0.3, 0.4) is 0 Å². The summed E-state index contributed by atoms with van der Waals surface area (Å²) in [6, 6.07) is 0. The minimum atomic E-state index is -1.14. The van der Waals surface area contributed by atoms with Crippen molar-refractivity contribution < 1.29 is 19.4 Å². The molecule has 0 spiro atoms. The number of hydrogen-bond acceptors (Lipinski definition) is 4. The van der Waals surface area contributed by atoms with Gasteiger partial charge in [0.2, 0.25) is 0 Å². The van der Waals surface area contributed by atoms with Gasteiger partial charge in [-0.15, -0.1) is 0 Å². The third kappa shape index (κ3) is 2.58. The molecule has 0 aliphatic heterocycles. The highest BCUT2D eigenvalue weighted by Gasteiger charge is 2.65. The second-order valence-corrected chi connectivity index (χ2v) is 10.1. The molecule has 4 rings (SSSR count). The number of hydrogen-bond donors (Lipinski definition) is 1. The summed E-state index contributed by atoms with van der Waals surface area (Å²) >= 11 is 0. The van der Waals surface area contributed by atoms with Crippen molar-refractivity contribution in [2.75, 3.05) is 0 Å². The van der Waals surface area contributed by atoms with E-state index in [-0.39, 0.29) is 28.7 Å². The number of Topliss-reactive ketones (excluding diaryl/α,β-unsaturated/α-hetero) is 1. The number of ketones is 1. The highest BCUT2D eigenvalue weighted by Crippen LogP contribution is 2.67. The third-order valence-corrected chi connectivity index (χ3v) is 9.13. The molecular weight excluding hydrogens is 340 g/mol. The van der Waals surface area contributed by atoms with Crippen LogP contribution < -0.4 is 0 Å². The van der Waals surface area contributed by atoms with Crippen LogP contribution in [0.5, 0.6) is 0 Å². The molecule has 4 nitrogen and oxygen atoms in total. The molecule has 0 aromatic rings. The molecule has 0 saturated heterocycles. The van der Waals surface area contributed by atoms with Crippen LogP contribution in [0.2, 0.25) is 0 Å². The first-order valence-electron chi connectivity index (χ1n) is 10.7. The maximum Gasteiger partial charge on any atom is 0.302 e. The molecule has 1 N–H and O–H groups in total. The largest absolute Gasteiger partial charge is 0.462 e. The van der Waals surface area contributed by atoms with E-state index < -0.39 is 5.60 Å². The Kier molecular flexibility index (Phi) is 4.38. The molecule has 0 aromatic heterocycles. The molecule has 0 aromatic carbocycles. The van der Waals surface area contributed by atoms with Crippen molar-refractivity contribution in [2.24, 2.45) is 28.6 Å². The molecule has 4 heteroatoms. The number of esters is 1. The van der Waals surface area contributed by atoms with Crippen molar-refractivity contribution in [2.45, 2.75) is 90.8 Å². The van der Waals surface area contributed by atoms with E-state index in [4.69, 9.17) is 4.74 Å². The van der Waals surface area contributed by atoms with E-state index in [1.807, 2.05) is 0 Å². The van der Waals surface area contributed by atoms with Crippen molar-refractivity contribution >= 4 is 11.8 Å². The van der Waals surface area contributed by atoms with E-state index in [9.17, 15) is 14.7 Å². The molecule has 0 radical (unpaired) electrons. The fourth-order valence-corrected chi connectivity index (χ4v) is 7.56. The van der Waals surface area contributed by atoms with Gasteiger partial charge in [-0.1, -0.05) is 25.5 Å². The number of fused-ring (bicyclic) bond motifs is 5. The first-order chi connectivity index (χ1) is 12.6. The highest BCUT2D eigenvalue weighted by molar-refractivity contribution is 5.86. The molecule has 4 aliphatic carbocycles. The summed E-state index contributed by atoms with van der Waals surface area (Å²) in [4.78, 5) is 23.7. The summed E-state index contributed by atoms with van der Waals surface area (Å²) in [5, 5.41) is 11.2. The molecule has 27 heavy (non-hydrogen) atoms. The van der Waals surface area contributed by atoms with Gasteiger partial charge >= 0.3 is 5.97 Å². The summed E-state index contributed by atoms with van der Waals surface area (Å²) in [5.41, 5.74) is 0.235. The molecule has 3 fully saturated rings. The minimum absolute atomic E-state index is 0.0292. The Bertz CT molecular complexity index is 696. The van der Waals surface area contributed by atoms with E-state index in [1.165, 1.54) is 12.5 Å². The van der Waals surface area contributed by atoms with E-state index >= 15 is 0 Å². The number of ether oxygens (including phenoxy) is 1. The number of allylic oxidation sites excluding steroid dienone is 1. The topological polar surface area (TPSA) is 63.6 Å². The molecule has 0 amide bonds. The normalized spacial score (nSPS) is 48.7. The first-order valence-corrected chi connectivity index (χ1v) is 10.7. The average molecular weight is 375 g/mol. The Morgan fingerprint density at radius 2 is 1.78 bits per heavy atom. The van der Waals surface area contributed by atoms with Gasteiger partial charge in [-0.2, -0.15) is 0 Å². The minimum Gasteiger partial charge on any atom is -0.462 e. The molecule has 3 saturated carbocycles. The van der Waals surface area contributed by atoms with Crippen LogP contribution >= 0.6 is 0 Å². The zero-order chi connectivity index (χ0) is 19.6. The maximum absolute atomic E-state index is 12.3. The Labute approximate surface area is 162 Å². The summed E-state index contributed by atoms with van der Waals surface area (Å²) < 4.78 is 5.51. The second kappa shape index (κ2) is 6.17. The van der Waals surface area contributed by atoms with Crippen LogP contribution in [0.1, 0.15) is 79.1 Å². The van der Waals surface area contributed by atoms with Crippen molar-refractivity contribution in [3.8, 4) is 0 Å². The maximum atomic E-state index is 12.3. The van der Waals surface area contributed by atoms with Gasteiger partial charge in [0.25, 0.3) is 0 Å². The molecule has 1 unspecified atom stereocenters. The second-order valence-electron chi connectivity index (χ2n) is 10.1. The number of carbonyl (C=O) groups excluding carboxylic acids is 2. The van der Waals surface area contributed by atoms with E-state index in [1.54, 1.807) is 6.92 Å². The number of aliphatic hydroxyl groups is 1. The lowest BCUT2D eigenvalue weighted by atomic mass is 9.47. The van der Waals surface area contributed by atoms with Gasteiger partial charge in [0.15, 0.2) is 5.78 Å². The lowest BCUT2D eigenvalue weighted by Crippen LogP contribution is -2.57. The van der Waals surface area contributed by atoms with Gasteiger partial charge in [0, 0.05) is 18.8 Å². The Morgan fingerprint density at radius 3 is 2.44 bits per heavy atom. The van der Waals surface area contributed by atoms with Gasteiger partial charge in [-0.05, 0) is 75.0 Å². The Morgan fingerprint density at radius 1 is 1.07 bits per heavy atom. The predicted molar refractivity (Wildman–Crippen MR) is 103 cm³/mol. The van der Waals surface area contributed by atoms with Crippen LogP contribution in [0.4, 0.5) is 0 Å². The average Bonchev–Trinajstić information content (AvgIpc) is 2.87. The first kappa shape index (κ1) is 19.2. The lowest BCUT2D eigenvalue weighted by Gasteiger charge is -2.58. The van der Waals surface area contributed by atoms with Crippen LogP contribution in [0.15, 0.2) is 11.6 Å². The van der Waals surface area contributed by atoms with Crippen molar-refractivity contribution in [1.29, 1.82) is 0 Å². The number of rotatable bonds is 2. The quantitative estimate of drug-likeness (QED) is 0.581. The fraction of sp³-hybridized carbons (Fsp3) is 0.826. The molecule has 7 atom stereocenters. The smallest absolute Gasteiger partial charge is 0.302 e. The van der Waals surface area contributed by atoms with Gasteiger partial charge in [-0.25, -0.2) is 0 Å². The summed E-state index contributed by atoms with van der Waals surface area (Å²) in [7, 11) is 0. The van der Waals surface area contributed by atoms with Crippen molar-refractivity contribution in [3.05, 3.63) is 11.6 Å². The zero-order valence-electron chi connectivity index (χ0n) is 17.2. The van der Waals surface area contributed by atoms with Crippen LogP contribution in [0, 0.1) is 28.6 Å². The van der Waals surface area contributed by atoms with Crippen LogP contribution in [0.25, 0.3) is 0 Å². The van der Waals surface area contributed by atoms with Gasteiger partial charge in [0.05, 0.1) is 0 Å². The standard InChI is InChI=1S/C23H34O4/c1-14(24)23(26)12-9-20-18-6-5-16-13-17(27-15(2)25)7-10-21(16,3)19(18)8-11-22(20,23)4/h5,17-20,26H,6-13H2,1-4H3/t17?,18-,19+,20+,21+,22+,23+/m1/s1. The van der Waals surface area contributed by atoms with Gasteiger partial charge in [0.1, 0.15) is 11.7 Å². The molecule has 150 valence electrons. The third-order valence-electron chi connectivity index (χ3n) is 9.13. The molecule has 0 heterocycles. The van der Waals surface area contributed by atoms with Gasteiger partial charge in [-0.3, -0.25) is 9.59 Å². The summed E-state index contributed by atoms with van der Waals surface area (Å²) in [5.74, 6) is 1.36. The van der Waals surface area contributed by atoms with Crippen LogP contribution in [-0.2, 0) is 14.3 Å². The number of carbonyl (C=O) groups is 2. The van der Waals surface area contributed by atoms with Crippen molar-refractivity contribution in [3.63, 3.8) is 0 Å². The zero-order valence-corrected chi connectivity index (χ0v) is 17.2. The monoisotopic (exact) mass is 374 g/mol. The van der Waals surface area contributed by atoms with E-state index in [0.717, 1.165) is 44.9 Å². The fourth-order valence-electron chi connectivity index (χ4n) is 7.56. The molecular formula is C23H34O4. The van der Waals surface area contributed by atoms with E-state index in [2.05, 4.69) is 19.9 Å². The predicted octanol–water partition coefficient (Wildman–Crippen LogP) is 4.20. The lowest BCUT2D eigenvalue weighted by molar-refractivity contribution is -0.160. The Hall–Kier alpha value is -1.16. The van der Waals surface area contributed by atoms with Crippen molar-refractivity contribution in [1.82, 2.24) is 0 Å². The summed E-state index contributed by atoms with van der Waals surface area (Å²) in [6.45, 7) is 7.64. The van der Waals surface area contributed by atoms with Crippen LogP contribution in [-0.4, -0.2) is 28.6 Å². The molecule has 4 aliphatic rings. The summed E-state index contributed by atoms with van der Waals surface area (Å²) in [6.07, 6.45) is 9.96. The molecule has 0 bridgehead atoms. The highest BCUT2D eigenvalue weighted by atomic mass is 16.5. The van der Waals surface area contributed by atoms with E-state index in [0.29, 0.717) is 24.2 Å². The SMILES string of the molecule is CC(=O)OC1CC[C@@]2(C)C(=CC[C@@H]3[C@@H]2CC[C@@]2(C)[C@H]3CC[C@]2(O)C(C)=O)C1. The van der Waals surface area contributed by atoms with Gasteiger partial charge < -0.3 is 9.84 Å².